The summed E-state index contributed by atoms with van der Waals surface area (Å²) in [5.74, 6) is -1.10. The highest BCUT2D eigenvalue weighted by molar-refractivity contribution is 7.51. The Labute approximate surface area is 93.4 Å². The van der Waals surface area contributed by atoms with E-state index in [9.17, 15) is 14.4 Å². The summed E-state index contributed by atoms with van der Waals surface area (Å²) in [7, 11) is 0. The summed E-state index contributed by atoms with van der Waals surface area (Å²) in [6, 6.07) is 0. The molecule has 0 spiro atoms. The Bertz CT molecular complexity index is 331. The van der Waals surface area contributed by atoms with Gasteiger partial charge in [-0.25, -0.2) is 4.79 Å². The van der Waals surface area contributed by atoms with Crippen molar-refractivity contribution in [1.82, 2.24) is 5.06 Å². The van der Waals surface area contributed by atoms with E-state index < -0.39 is 29.5 Å². The molecule has 8 nitrogen and oxygen atoms in total. The van der Waals surface area contributed by atoms with Crippen LogP contribution in [0, 0.1) is 0 Å². The molecule has 1 fully saturated rings. The molecule has 1 aliphatic rings. The molecule has 1 rings (SSSR count). The van der Waals surface area contributed by atoms with E-state index in [1.807, 2.05) is 0 Å². The van der Waals surface area contributed by atoms with Gasteiger partial charge in [0.25, 0.3) is 11.8 Å². The summed E-state index contributed by atoms with van der Waals surface area (Å²) in [6.45, 7) is 3.10. The van der Waals surface area contributed by atoms with Crippen LogP contribution in [-0.4, -0.2) is 31.5 Å². The molecule has 0 aromatic rings. The van der Waals surface area contributed by atoms with Crippen LogP contribution in [0.1, 0.15) is 12.8 Å². The van der Waals surface area contributed by atoms with Crippen LogP contribution in [0.5, 0.6) is 0 Å². The second-order valence-electron chi connectivity index (χ2n) is 2.28. The van der Waals surface area contributed by atoms with Gasteiger partial charge in [-0.2, -0.15) is 8.42 Å². The number of nitrogens with zero attached hydrogens (tertiary/aromatic N) is 1. The van der Waals surface area contributed by atoms with E-state index >= 15 is 0 Å². The first kappa shape index (κ1) is 14.0. The fraction of sp³-hybridized carbons (Fsp3) is 0.286. The summed E-state index contributed by atoms with van der Waals surface area (Å²) in [5.41, 5.74) is 0. The SMILES string of the molecule is C=COC(=O)ON1C(=O)CCC1=O.O=S=O. The zero-order valence-electron chi connectivity index (χ0n) is 7.91. The Kier molecular flexibility index (Phi) is 6.36. The number of hydrogen-bond acceptors (Lipinski definition) is 7. The minimum Gasteiger partial charge on any atom is -0.402 e. The molecule has 0 unspecified atom stereocenters. The van der Waals surface area contributed by atoms with Gasteiger partial charge in [-0.15, -0.1) is 0 Å². The molecule has 0 radical (unpaired) electrons. The Hall–Kier alpha value is -2.03. The quantitative estimate of drug-likeness (QED) is 0.375. The molecule has 0 atom stereocenters. The van der Waals surface area contributed by atoms with Crippen molar-refractivity contribution in [3.63, 3.8) is 0 Å². The van der Waals surface area contributed by atoms with Crippen LogP contribution in [0.2, 0.25) is 0 Å². The first-order chi connectivity index (χ1) is 7.56. The normalized spacial score (nSPS) is 13.6. The summed E-state index contributed by atoms with van der Waals surface area (Å²) < 4.78 is 20.7. The fourth-order valence-electron chi connectivity index (χ4n) is 0.822. The van der Waals surface area contributed by atoms with Gasteiger partial charge in [0.1, 0.15) is 0 Å². The van der Waals surface area contributed by atoms with Crippen molar-refractivity contribution in [2.75, 3.05) is 0 Å². The van der Waals surface area contributed by atoms with Gasteiger partial charge in [-0.3, -0.25) is 14.4 Å². The number of amides is 2. The Morgan fingerprint density at radius 1 is 1.31 bits per heavy atom. The number of carbonyl (C=O) groups excluding carboxylic acids is 3. The number of hydroxylamine groups is 2. The summed E-state index contributed by atoms with van der Waals surface area (Å²) in [4.78, 5) is 36.6. The van der Waals surface area contributed by atoms with E-state index in [4.69, 9.17) is 8.42 Å². The molecular weight excluding hydrogens is 242 g/mol. The average Bonchev–Trinajstić information content (AvgIpc) is 2.51. The van der Waals surface area contributed by atoms with Crippen molar-refractivity contribution in [2.24, 2.45) is 0 Å². The van der Waals surface area contributed by atoms with E-state index in [0.29, 0.717) is 5.06 Å². The Morgan fingerprint density at radius 3 is 2.12 bits per heavy atom. The molecule has 9 heteroatoms. The molecule has 0 aliphatic carbocycles. The minimum absolute atomic E-state index is 0.0558. The zero-order valence-corrected chi connectivity index (χ0v) is 8.73. The van der Waals surface area contributed by atoms with E-state index in [-0.39, 0.29) is 12.8 Å². The molecule has 1 heterocycles. The molecule has 1 saturated heterocycles. The topological polar surface area (TPSA) is 107 Å². The predicted molar refractivity (Wildman–Crippen MR) is 47.8 cm³/mol. The van der Waals surface area contributed by atoms with Gasteiger partial charge >= 0.3 is 17.7 Å². The van der Waals surface area contributed by atoms with Gasteiger partial charge in [-0.1, -0.05) is 11.6 Å². The highest BCUT2D eigenvalue weighted by Gasteiger charge is 2.33. The van der Waals surface area contributed by atoms with Crippen LogP contribution in [0.25, 0.3) is 0 Å². The van der Waals surface area contributed by atoms with Crippen molar-refractivity contribution < 1.29 is 32.4 Å². The zero-order chi connectivity index (χ0) is 12.6. The molecule has 1 aliphatic heterocycles. The van der Waals surface area contributed by atoms with E-state index in [1.165, 1.54) is 0 Å². The van der Waals surface area contributed by atoms with Crippen molar-refractivity contribution in [2.45, 2.75) is 12.8 Å². The first-order valence-electron chi connectivity index (χ1n) is 3.83. The van der Waals surface area contributed by atoms with Crippen LogP contribution in [0.3, 0.4) is 0 Å². The van der Waals surface area contributed by atoms with Gasteiger partial charge in [0.15, 0.2) is 0 Å². The molecule has 0 saturated carbocycles. The third-order valence-corrected chi connectivity index (χ3v) is 1.35. The third kappa shape index (κ3) is 4.46. The van der Waals surface area contributed by atoms with Crippen LogP contribution < -0.4 is 0 Å². The van der Waals surface area contributed by atoms with E-state index in [0.717, 1.165) is 6.26 Å². The molecular formula is C7H7NO7S. The van der Waals surface area contributed by atoms with Gasteiger partial charge in [0.05, 0.1) is 6.26 Å². The molecule has 0 aromatic carbocycles. The number of carbonyl (C=O) groups is 3. The second kappa shape index (κ2) is 7.29. The molecule has 0 aromatic heterocycles. The smallest absolute Gasteiger partial charge is 0.402 e. The van der Waals surface area contributed by atoms with Gasteiger partial charge in [0.2, 0.25) is 0 Å². The molecule has 2 amide bonds. The Morgan fingerprint density at radius 2 is 1.75 bits per heavy atom. The van der Waals surface area contributed by atoms with Crippen LogP contribution in [-0.2, 0) is 30.7 Å². The number of hydrogen-bond donors (Lipinski definition) is 0. The van der Waals surface area contributed by atoms with E-state index in [1.54, 1.807) is 0 Å². The molecule has 0 bridgehead atoms. The van der Waals surface area contributed by atoms with Crippen LogP contribution >= 0.6 is 0 Å². The lowest BCUT2D eigenvalue weighted by atomic mass is 10.4. The first-order valence-corrected chi connectivity index (χ1v) is 4.50. The van der Waals surface area contributed by atoms with Crippen molar-refractivity contribution >= 4 is 29.5 Å². The van der Waals surface area contributed by atoms with Crippen molar-refractivity contribution in [3.05, 3.63) is 12.8 Å². The Balaban J connectivity index is 0.000000673. The van der Waals surface area contributed by atoms with Crippen LogP contribution in [0.15, 0.2) is 12.8 Å². The lowest BCUT2D eigenvalue weighted by molar-refractivity contribution is -0.175. The predicted octanol–water partition coefficient (Wildman–Crippen LogP) is -0.323. The summed E-state index contributed by atoms with van der Waals surface area (Å²) in [5, 5.41) is 0.395. The number of rotatable bonds is 2. The minimum atomic E-state index is -1.15. The maximum Gasteiger partial charge on any atom is 0.538 e. The largest absolute Gasteiger partial charge is 0.538 e. The lowest BCUT2D eigenvalue weighted by Crippen LogP contribution is -2.31. The maximum absolute atomic E-state index is 10.9. The number of imide groups is 1. The third-order valence-electron chi connectivity index (χ3n) is 1.35. The van der Waals surface area contributed by atoms with Crippen molar-refractivity contribution in [1.29, 1.82) is 0 Å². The standard InChI is InChI=1S/C7H7NO5.O2S/c1-2-12-7(11)13-8-5(9)3-4-6(8)10;1-3-2/h2H,1,3-4H2;. The van der Waals surface area contributed by atoms with Crippen LogP contribution in [0.4, 0.5) is 4.79 Å². The van der Waals surface area contributed by atoms with Gasteiger partial charge < -0.3 is 4.74 Å². The highest BCUT2D eigenvalue weighted by atomic mass is 32.1. The monoisotopic (exact) mass is 249 g/mol. The molecule has 88 valence electrons. The summed E-state index contributed by atoms with van der Waals surface area (Å²) in [6.07, 6.45) is -0.202. The highest BCUT2D eigenvalue weighted by Crippen LogP contribution is 2.12. The fourth-order valence-corrected chi connectivity index (χ4v) is 0.822. The summed E-state index contributed by atoms with van der Waals surface area (Å²) >= 11 is -0.750. The maximum atomic E-state index is 10.9. The number of ether oxygens (including phenoxy) is 1. The van der Waals surface area contributed by atoms with Gasteiger partial charge in [-0.05, 0) is 0 Å². The van der Waals surface area contributed by atoms with Gasteiger partial charge in [0, 0.05) is 12.8 Å². The average molecular weight is 249 g/mol. The molecule has 16 heavy (non-hydrogen) atoms. The van der Waals surface area contributed by atoms with E-state index in [2.05, 4.69) is 16.2 Å². The molecule has 0 N–H and O–H groups in total. The van der Waals surface area contributed by atoms with Crippen molar-refractivity contribution in [3.8, 4) is 0 Å². The second-order valence-corrected chi connectivity index (χ2v) is 2.41. The lowest BCUT2D eigenvalue weighted by Gasteiger charge is -2.10.